The third-order valence-corrected chi connectivity index (χ3v) is 5.48. The number of hydrogen-bond donors (Lipinski definition) is 2. The minimum Gasteiger partial charge on any atom is -0.359 e. The van der Waals surface area contributed by atoms with Crippen molar-refractivity contribution in [2.24, 2.45) is 0 Å². The lowest BCUT2D eigenvalue weighted by atomic mass is 10.0. The molecule has 0 unspecified atom stereocenters. The second-order valence-electron chi connectivity index (χ2n) is 7.10. The highest BCUT2D eigenvalue weighted by molar-refractivity contribution is 6.34. The maximum Gasteiger partial charge on any atom is 0.256 e. The maximum absolute atomic E-state index is 13.6. The molecule has 1 amide bonds. The van der Waals surface area contributed by atoms with E-state index in [0.717, 1.165) is 49.4 Å². The summed E-state index contributed by atoms with van der Waals surface area (Å²) in [5.74, 6) is -0.530. The number of benzene rings is 1. The van der Waals surface area contributed by atoms with Crippen molar-refractivity contribution in [1.82, 2.24) is 9.88 Å². The Morgan fingerprint density at radius 3 is 2.63 bits per heavy atom. The largest absolute Gasteiger partial charge is 0.359 e. The molecule has 1 aromatic heterocycles. The van der Waals surface area contributed by atoms with Crippen molar-refractivity contribution < 1.29 is 9.18 Å². The van der Waals surface area contributed by atoms with Crippen molar-refractivity contribution in [3.63, 3.8) is 0 Å². The fourth-order valence-electron chi connectivity index (χ4n) is 3.80. The van der Waals surface area contributed by atoms with Crippen molar-refractivity contribution >= 4 is 23.2 Å². The Bertz CT molecular complexity index is 878. The third kappa shape index (κ3) is 3.98. The van der Waals surface area contributed by atoms with Crippen LogP contribution in [-0.2, 0) is 11.2 Å². The summed E-state index contributed by atoms with van der Waals surface area (Å²) in [6.07, 6.45) is 3.95. The van der Waals surface area contributed by atoms with E-state index in [2.05, 4.69) is 42.9 Å². The van der Waals surface area contributed by atoms with Gasteiger partial charge in [-0.05, 0) is 81.7 Å². The number of carbonyl (C=O) groups excluding carboxylic acids is 1. The average Bonchev–Trinajstić information content (AvgIpc) is 3.09. The number of carbonyl (C=O) groups is 1. The van der Waals surface area contributed by atoms with E-state index in [-0.39, 0.29) is 11.7 Å². The van der Waals surface area contributed by atoms with Crippen LogP contribution in [0, 0.1) is 19.7 Å². The maximum atomic E-state index is 13.6. The number of nitrogens with zero attached hydrogens (tertiary/aromatic N) is 1. The molecule has 1 aromatic carbocycles. The first-order chi connectivity index (χ1) is 12.9. The van der Waals surface area contributed by atoms with E-state index in [1.54, 1.807) is 6.07 Å². The van der Waals surface area contributed by atoms with Crippen LogP contribution in [0.25, 0.3) is 11.6 Å². The Kier molecular flexibility index (Phi) is 5.80. The van der Waals surface area contributed by atoms with Gasteiger partial charge in [0, 0.05) is 22.6 Å². The van der Waals surface area contributed by atoms with Crippen LogP contribution in [0.1, 0.15) is 48.3 Å². The van der Waals surface area contributed by atoms with Gasteiger partial charge in [0.2, 0.25) is 0 Å². The molecular formula is C22H28FN3O. The first kappa shape index (κ1) is 19.4. The van der Waals surface area contributed by atoms with Crippen molar-refractivity contribution in [3.05, 3.63) is 52.1 Å². The van der Waals surface area contributed by atoms with Crippen LogP contribution >= 0.6 is 0 Å². The molecule has 0 aliphatic carbocycles. The predicted octanol–water partition coefficient (Wildman–Crippen LogP) is 4.54. The van der Waals surface area contributed by atoms with E-state index in [4.69, 9.17) is 0 Å². The molecule has 0 saturated carbocycles. The van der Waals surface area contributed by atoms with Crippen LogP contribution in [0.4, 0.5) is 10.1 Å². The summed E-state index contributed by atoms with van der Waals surface area (Å²) in [5.41, 5.74) is 6.32. The standard InChI is InChI=1S/C22H28FN3O/c1-5-26(6-2)11-7-8-17-14(3)21(24-15(17)4)13-19-18-12-16(23)9-10-20(18)25-22(19)27/h9-10,12-13,24H,5-8,11H2,1-4H3,(H,25,27)/b19-13-. The van der Waals surface area contributed by atoms with E-state index >= 15 is 0 Å². The normalized spacial score (nSPS) is 14.9. The zero-order valence-electron chi connectivity index (χ0n) is 16.6. The Balaban J connectivity index is 1.84. The number of aromatic nitrogens is 1. The van der Waals surface area contributed by atoms with Gasteiger partial charge in [0.25, 0.3) is 5.91 Å². The third-order valence-electron chi connectivity index (χ3n) is 5.48. The van der Waals surface area contributed by atoms with Crippen LogP contribution in [-0.4, -0.2) is 35.4 Å². The molecule has 0 spiro atoms. The Labute approximate surface area is 160 Å². The van der Waals surface area contributed by atoms with Crippen LogP contribution in [0.3, 0.4) is 0 Å². The quantitative estimate of drug-likeness (QED) is 0.704. The van der Waals surface area contributed by atoms with Gasteiger partial charge in [0.15, 0.2) is 0 Å². The van der Waals surface area contributed by atoms with Gasteiger partial charge >= 0.3 is 0 Å². The Morgan fingerprint density at radius 1 is 1.19 bits per heavy atom. The van der Waals surface area contributed by atoms with Gasteiger partial charge in [-0.25, -0.2) is 4.39 Å². The molecule has 0 fully saturated rings. The molecular weight excluding hydrogens is 341 g/mol. The lowest BCUT2D eigenvalue weighted by Crippen LogP contribution is -2.24. The van der Waals surface area contributed by atoms with Gasteiger partial charge in [-0.15, -0.1) is 0 Å². The zero-order valence-corrected chi connectivity index (χ0v) is 16.6. The summed E-state index contributed by atoms with van der Waals surface area (Å²) < 4.78 is 13.6. The number of amides is 1. The summed E-state index contributed by atoms with van der Waals surface area (Å²) in [7, 11) is 0. The fourth-order valence-corrected chi connectivity index (χ4v) is 3.80. The summed E-state index contributed by atoms with van der Waals surface area (Å²) in [6.45, 7) is 11.8. The molecule has 2 N–H and O–H groups in total. The molecule has 2 aromatic rings. The molecule has 0 saturated heterocycles. The summed E-state index contributed by atoms with van der Waals surface area (Å²) in [4.78, 5) is 18.2. The SMILES string of the molecule is CCN(CC)CCCc1c(C)[nH]c(/C=C2\C(=O)Nc3ccc(F)cc32)c1C. The van der Waals surface area contributed by atoms with Gasteiger partial charge in [0.05, 0.1) is 5.57 Å². The topological polar surface area (TPSA) is 48.1 Å². The fraction of sp³-hybridized carbons (Fsp3) is 0.409. The molecule has 4 nitrogen and oxygen atoms in total. The van der Waals surface area contributed by atoms with Gasteiger partial charge in [-0.2, -0.15) is 0 Å². The predicted molar refractivity (Wildman–Crippen MR) is 109 cm³/mol. The number of hydrogen-bond acceptors (Lipinski definition) is 2. The summed E-state index contributed by atoms with van der Waals surface area (Å²) in [6, 6.07) is 4.38. The number of aryl methyl sites for hydroxylation is 1. The zero-order chi connectivity index (χ0) is 19.6. The van der Waals surface area contributed by atoms with E-state index in [0.29, 0.717) is 16.8 Å². The van der Waals surface area contributed by atoms with E-state index in [1.165, 1.54) is 17.7 Å². The van der Waals surface area contributed by atoms with Gasteiger partial charge in [-0.1, -0.05) is 13.8 Å². The number of nitrogens with one attached hydrogen (secondary N) is 2. The molecule has 0 radical (unpaired) electrons. The number of halogens is 1. The summed E-state index contributed by atoms with van der Waals surface area (Å²) >= 11 is 0. The molecule has 144 valence electrons. The molecule has 0 atom stereocenters. The summed E-state index contributed by atoms with van der Waals surface area (Å²) in [5, 5.41) is 2.80. The monoisotopic (exact) mass is 369 g/mol. The number of rotatable bonds is 7. The highest BCUT2D eigenvalue weighted by atomic mass is 19.1. The molecule has 1 aliphatic rings. The lowest BCUT2D eigenvalue weighted by Gasteiger charge is -2.17. The second kappa shape index (κ2) is 8.09. The van der Waals surface area contributed by atoms with Crippen LogP contribution < -0.4 is 5.32 Å². The molecule has 3 rings (SSSR count). The van der Waals surface area contributed by atoms with Crippen LogP contribution in [0.15, 0.2) is 18.2 Å². The highest BCUT2D eigenvalue weighted by Gasteiger charge is 2.25. The minimum absolute atomic E-state index is 0.190. The van der Waals surface area contributed by atoms with E-state index in [9.17, 15) is 9.18 Å². The van der Waals surface area contributed by atoms with E-state index in [1.807, 2.05) is 6.08 Å². The van der Waals surface area contributed by atoms with Gasteiger partial charge in [0.1, 0.15) is 5.82 Å². The second-order valence-corrected chi connectivity index (χ2v) is 7.10. The highest BCUT2D eigenvalue weighted by Crippen LogP contribution is 2.34. The molecule has 27 heavy (non-hydrogen) atoms. The molecule has 5 heteroatoms. The Morgan fingerprint density at radius 2 is 1.93 bits per heavy atom. The van der Waals surface area contributed by atoms with Crippen LogP contribution in [0.5, 0.6) is 0 Å². The van der Waals surface area contributed by atoms with E-state index < -0.39 is 0 Å². The lowest BCUT2D eigenvalue weighted by molar-refractivity contribution is -0.110. The first-order valence-corrected chi connectivity index (χ1v) is 9.67. The van der Waals surface area contributed by atoms with Crippen molar-refractivity contribution in [3.8, 4) is 0 Å². The molecule has 2 heterocycles. The number of fused-ring (bicyclic) bond motifs is 1. The van der Waals surface area contributed by atoms with Gasteiger partial charge in [-0.3, -0.25) is 4.79 Å². The Hall–Kier alpha value is -2.40. The first-order valence-electron chi connectivity index (χ1n) is 9.67. The smallest absolute Gasteiger partial charge is 0.256 e. The van der Waals surface area contributed by atoms with Gasteiger partial charge < -0.3 is 15.2 Å². The number of anilines is 1. The number of H-pyrrole nitrogens is 1. The average molecular weight is 369 g/mol. The van der Waals surface area contributed by atoms with Crippen molar-refractivity contribution in [2.75, 3.05) is 25.0 Å². The molecule has 0 bridgehead atoms. The van der Waals surface area contributed by atoms with Crippen molar-refractivity contribution in [1.29, 1.82) is 0 Å². The number of aromatic amines is 1. The molecule has 1 aliphatic heterocycles. The van der Waals surface area contributed by atoms with Crippen molar-refractivity contribution in [2.45, 2.75) is 40.5 Å². The van der Waals surface area contributed by atoms with Crippen LogP contribution in [0.2, 0.25) is 0 Å². The minimum atomic E-state index is -0.340.